The van der Waals surface area contributed by atoms with Crippen LogP contribution in [-0.2, 0) is 12.0 Å². The minimum atomic E-state index is -0.182. The fourth-order valence-electron chi connectivity index (χ4n) is 7.60. The standard InChI is InChI=1S/C42H49N5O5/c1-5-6-8-13-35-28-44-40(47(35)29-31-14-20-43-21-15-31)38(48)32-16-22-45(23-17-32)24-18-42(34-11-9-7-10-12-34)19-25-46(30-42)41(49)33-26-36(50-2)39(52-4)37(27-33)51-3/h5-15,20-21,26-28,32H,16-19,22-25,29-30H2,1-4H3/b6-5+,13-8+. The number of pyridine rings is 1. The van der Waals surface area contributed by atoms with Gasteiger partial charge in [-0.25, -0.2) is 4.98 Å². The normalized spacial score (nSPS) is 18.3. The second-order valence-corrected chi connectivity index (χ2v) is 13.6. The number of methoxy groups -OCH3 is 3. The maximum absolute atomic E-state index is 14.0. The fraction of sp³-hybridized carbons (Fsp3) is 0.381. The quantitative estimate of drug-likeness (QED) is 0.106. The van der Waals surface area contributed by atoms with E-state index in [2.05, 4.69) is 39.1 Å². The lowest BCUT2D eigenvalue weighted by Crippen LogP contribution is -2.41. The van der Waals surface area contributed by atoms with Gasteiger partial charge in [0.1, 0.15) is 0 Å². The first-order chi connectivity index (χ1) is 25.4. The Morgan fingerprint density at radius 1 is 0.923 bits per heavy atom. The third-order valence-electron chi connectivity index (χ3n) is 10.6. The van der Waals surface area contributed by atoms with Crippen LogP contribution in [0.5, 0.6) is 17.2 Å². The fourth-order valence-corrected chi connectivity index (χ4v) is 7.60. The van der Waals surface area contributed by atoms with Crippen molar-refractivity contribution >= 4 is 17.8 Å². The van der Waals surface area contributed by atoms with Gasteiger partial charge >= 0.3 is 0 Å². The molecule has 0 aliphatic carbocycles. The molecular weight excluding hydrogens is 654 g/mol. The molecule has 4 aromatic rings. The molecule has 2 fully saturated rings. The highest BCUT2D eigenvalue weighted by atomic mass is 16.5. The molecule has 4 heterocycles. The van der Waals surface area contributed by atoms with Crippen molar-refractivity contribution in [3.63, 3.8) is 0 Å². The number of likely N-dealkylation sites (tertiary alicyclic amines) is 2. The summed E-state index contributed by atoms with van der Waals surface area (Å²) in [6.07, 6.45) is 16.6. The zero-order valence-electron chi connectivity index (χ0n) is 30.7. The van der Waals surface area contributed by atoms with E-state index >= 15 is 0 Å². The van der Waals surface area contributed by atoms with E-state index in [9.17, 15) is 9.59 Å². The highest BCUT2D eigenvalue weighted by molar-refractivity contribution is 5.96. The molecule has 272 valence electrons. The summed E-state index contributed by atoms with van der Waals surface area (Å²) in [5.41, 5.74) is 3.54. The van der Waals surface area contributed by atoms with Gasteiger partial charge in [0.05, 0.1) is 33.2 Å². The molecule has 0 radical (unpaired) electrons. The Labute approximate surface area is 306 Å². The average Bonchev–Trinajstić information content (AvgIpc) is 3.82. The topological polar surface area (TPSA) is 99.0 Å². The predicted octanol–water partition coefficient (Wildman–Crippen LogP) is 6.71. The van der Waals surface area contributed by atoms with Crippen molar-refractivity contribution < 1.29 is 23.8 Å². The van der Waals surface area contributed by atoms with E-state index in [1.165, 1.54) is 5.56 Å². The van der Waals surface area contributed by atoms with E-state index in [1.807, 2.05) is 58.9 Å². The lowest BCUT2D eigenvalue weighted by Gasteiger charge is -2.36. The lowest BCUT2D eigenvalue weighted by molar-refractivity contribution is 0.0777. The molecule has 10 nitrogen and oxygen atoms in total. The van der Waals surface area contributed by atoms with Crippen molar-refractivity contribution in [2.24, 2.45) is 5.92 Å². The summed E-state index contributed by atoms with van der Waals surface area (Å²) >= 11 is 0. The van der Waals surface area contributed by atoms with E-state index in [0.29, 0.717) is 48.3 Å². The summed E-state index contributed by atoms with van der Waals surface area (Å²) in [4.78, 5) is 41.1. The van der Waals surface area contributed by atoms with E-state index < -0.39 is 0 Å². The Morgan fingerprint density at radius 2 is 1.63 bits per heavy atom. The number of allylic oxidation sites excluding steroid dienone is 3. The zero-order chi connectivity index (χ0) is 36.5. The van der Waals surface area contributed by atoms with Gasteiger partial charge in [-0.05, 0) is 93.7 Å². The average molecular weight is 704 g/mol. The number of imidazole rings is 1. The molecule has 6 rings (SSSR count). The first-order valence-electron chi connectivity index (χ1n) is 18.0. The molecule has 0 N–H and O–H groups in total. The van der Waals surface area contributed by atoms with Gasteiger partial charge in [-0.1, -0.05) is 48.6 Å². The van der Waals surface area contributed by atoms with Gasteiger partial charge in [0.2, 0.25) is 11.5 Å². The molecule has 2 aliphatic rings. The van der Waals surface area contributed by atoms with Crippen LogP contribution in [0.3, 0.4) is 0 Å². The van der Waals surface area contributed by atoms with Crippen LogP contribution in [0.1, 0.15) is 70.4 Å². The van der Waals surface area contributed by atoms with Crippen molar-refractivity contribution in [3.8, 4) is 17.2 Å². The third-order valence-corrected chi connectivity index (χ3v) is 10.6. The lowest BCUT2D eigenvalue weighted by atomic mass is 9.76. The maximum atomic E-state index is 14.0. The van der Waals surface area contributed by atoms with E-state index in [0.717, 1.165) is 56.6 Å². The van der Waals surface area contributed by atoms with Crippen molar-refractivity contribution in [2.45, 2.75) is 44.6 Å². The Kier molecular flexibility index (Phi) is 11.9. The number of hydrogen-bond acceptors (Lipinski definition) is 8. The number of aromatic nitrogens is 3. The van der Waals surface area contributed by atoms with Gasteiger partial charge in [0, 0.05) is 48.9 Å². The molecule has 1 amide bonds. The summed E-state index contributed by atoms with van der Waals surface area (Å²) in [7, 11) is 4.67. The number of Topliss-reactive ketones (excluding diaryl/α,β-unsaturated/α-hetero) is 1. The van der Waals surface area contributed by atoms with Crippen LogP contribution in [0.15, 0.2) is 91.4 Å². The number of benzene rings is 2. The number of hydrogen-bond donors (Lipinski definition) is 0. The van der Waals surface area contributed by atoms with Crippen molar-refractivity contribution in [2.75, 3.05) is 54.1 Å². The second kappa shape index (κ2) is 16.9. The largest absolute Gasteiger partial charge is 0.493 e. The smallest absolute Gasteiger partial charge is 0.254 e. The Morgan fingerprint density at radius 3 is 2.29 bits per heavy atom. The molecule has 1 atom stereocenters. The molecule has 2 aliphatic heterocycles. The number of piperidine rings is 1. The van der Waals surface area contributed by atoms with Crippen molar-refractivity contribution in [3.05, 3.63) is 120 Å². The van der Waals surface area contributed by atoms with Crippen LogP contribution in [0, 0.1) is 5.92 Å². The number of carbonyl (C=O) groups excluding carboxylic acids is 2. The Hall–Kier alpha value is -5.22. The number of carbonyl (C=O) groups is 2. The molecule has 52 heavy (non-hydrogen) atoms. The molecule has 2 aromatic heterocycles. The second-order valence-electron chi connectivity index (χ2n) is 13.6. The zero-order valence-corrected chi connectivity index (χ0v) is 30.7. The number of ether oxygens (including phenoxy) is 3. The maximum Gasteiger partial charge on any atom is 0.254 e. The van der Waals surface area contributed by atoms with E-state index in [-0.39, 0.29) is 23.0 Å². The Balaban J connectivity index is 1.13. The van der Waals surface area contributed by atoms with Crippen LogP contribution in [0.4, 0.5) is 0 Å². The van der Waals surface area contributed by atoms with Crippen LogP contribution < -0.4 is 14.2 Å². The van der Waals surface area contributed by atoms with Crippen LogP contribution in [0.2, 0.25) is 0 Å². The van der Waals surface area contributed by atoms with Crippen LogP contribution >= 0.6 is 0 Å². The molecule has 2 saturated heterocycles. The third kappa shape index (κ3) is 7.97. The van der Waals surface area contributed by atoms with Crippen LogP contribution in [-0.4, -0.2) is 90.1 Å². The van der Waals surface area contributed by atoms with Gasteiger partial charge in [-0.2, -0.15) is 0 Å². The van der Waals surface area contributed by atoms with Gasteiger partial charge < -0.3 is 28.6 Å². The molecule has 0 bridgehead atoms. The molecular formula is C42H49N5O5. The molecule has 0 spiro atoms. The summed E-state index contributed by atoms with van der Waals surface area (Å²) in [6, 6.07) is 18.0. The number of rotatable bonds is 14. The minimum Gasteiger partial charge on any atom is -0.493 e. The number of ketones is 1. The van der Waals surface area contributed by atoms with Crippen molar-refractivity contribution in [1.29, 1.82) is 0 Å². The highest BCUT2D eigenvalue weighted by Gasteiger charge is 2.42. The highest BCUT2D eigenvalue weighted by Crippen LogP contribution is 2.41. The van der Waals surface area contributed by atoms with Crippen LogP contribution in [0.25, 0.3) is 6.08 Å². The van der Waals surface area contributed by atoms with Gasteiger partial charge in [-0.3, -0.25) is 14.6 Å². The minimum absolute atomic E-state index is 0.0563. The summed E-state index contributed by atoms with van der Waals surface area (Å²) < 4.78 is 18.6. The summed E-state index contributed by atoms with van der Waals surface area (Å²) in [6.45, 7) is 6.37. The summed E-state index contributed by atoms with van der Waals surface area (Å²) in [5, 5.41) is 0. The first kappa shape index (κ1) is 36.6. The monoisotopic (exact) mass is 703 g/mol. The molecule has 2 aromatic carbocycles. The molecule has 1 unspecified atom stereocenters. The number of amides is 1. The van der Waals surface area contributed by atoms with Gasteiger partial charge in [-0.15, -0.1) is 0 Å². The van der Waals surface area contributed by atoms with E-state index in [1.54, 1.807) is 52.1 Å². The number of nitrogens with zero attached hydrogens (tertiary/aromatic N) is 5. The Bertz CT molecular complexity index is 1860. The molecule has 10 heteroatoms. The predicted molar refractivity (Wildman–Crippen MR) is 202 cm³/mol. The SMILES string of the molecule is C/C=C/C=C/c1cnc(C(=O)C2CCN(CCC3(c4ccccc4)CCN(C(=O)c4cc(OC)c(OC)c(OC)c4)C3)CC2)n1Cc1ccncc1. The van der Waals surface area contributed by atoms with Crippen molar-refractivity contribution in [1.82, 2.24) is 24.3 Å². The summed E-state index contributed by atoms with van der Waals surface area (Å²) in [5.74, 6) is 1.87. The first-order valence-corrected chi connectivity index (χ1v) is 18.0. The molecule has 0 saturated carbocycles. The van der Waals surface area contributed by atoms with Gasteiger partial charge in [0.15, 0.2) is 17.3 Å². The van der Waals surface area contributed by atoms with E-state index in [4.69, 9.17) is 14.2 Å². The van der Waals surface area contributed by atoms with Gasteiger partial charge in [0.25, 0.3) is 5.91 Å².